The average molecular weight is 449 g/mol. The zero-order chi connectivity index (χ0) is 22.9. The van der Waals surface area contributed by atoms with E-state index in [9.17, 15) is 22.8 Å². The predicted molar refractivity (Wildman–Crippen MR) is 110 cm³/mol. The molecule has 1 aliphatic heterocycles. The van der Waals surface area contributed by atoms with E-state index >= 15 is 0 Å². The number of halogens is 3. The average Bonchev–Trinajstić information content (AvgIpc) is 3.15. The number of amides is 1. The fraction of sp³-hybridized carbons (Fsp3) is 0.263. The summed E-state index contributed by atoms with van der Waals surface area (Å²) in [6, 6.07) is 1.49. The van der Waals surface area contributed by atoms with E-state index in [2.05, 4.69) is 31.0 Å². The van der Waals surface area contributed by atoms with Gasteiger partial charge in [-0.25, -0.2) is 4.98 Å². The first-order valence-corrected chi connectivity index (χ1v) is 9.47. The van der Waals surface area contributed by atoms with E-state index in [1.807, 2.05) is 6.92 Å². The van der Waals surface area contributed by atoms with Gasteiger partial charge in [0.15, 0.2) is 0 Å². The Morgan fingerprint density at radius 3 is 2.91 bits per heavy atom. The van der Waals surface area contributed by atoms with Crippen LogP contribution in [0.4, 0.5) is 35.9 Å². The minimum Gasteiger partial charge on any atom is -0.474 e. The second kappa shape index (κ2) is 8.24. The Morgan fingerprint density at radius 1 is 1.31 bits per heavy atom. The number of nitrogens with one attached hydrogen (secondary N) is 4. The Labute approximate surface area is 178 Å². The molecule has 0 atom stereocenters. The Balaban J connectivity index is 1.59. The van der Waals surface area contributed by atoms with Gasteiger partial charge in [0.25, 0.3) is 11.5 Å². The molecule has 3 aromatic heterocycles. The van der Waals surface area contributed by atoms with Gasteiger partial charge in [0.05, 0.1) is 29.5 Å². The molecule has 4 N–H and O–H groups in total. The van der Waals surface area contributed by atoms with Crippen LogP contribution in [0.25, 0.3) is 0 Å². The number of carbonyl (C=O) groups is 1. The molecule has 168 valence electrons. The number of aromatic nitrogens is 4. The molecule has 1 aliphatic rings. The van der Waals surface area contributed by atoms with Gasteiger partial charge in [-0.1, -0.05) is 0 Å². The van der Waals surface area contributed by atoms with Gasteiger partial charge in [-0.15, -0.1) is 0 Å². The largest absolute Gasteiger partial charge is 0.474 e. The van der Waals surface area contributed by atoms with Crippen molar-refractivity contribution in [3.63, 3.8) is 0 Å². The molecule has 32 heavy (non-hydrogen) atoms. The molecule has 0 saturated heterocycles. The van der Waals surface area contributed by atoms with Crippen molar-refractivity contribution in [2.24, 2.45) is 0 Å². The Bertz CT molecular complexity index is 1220. The molecule has 0 spiro atoms. The van der Waals surface area contributed by atoms with Crippen LogP contribution < -0.4 is 26.2 Å². The predicted octanol–water partition coefficient (Wildman–Crippen LogP) is 2.64. The highest BCUT2D eigenvalue weighted by Gasteiger charge is 2.28. The lowest BCUT2D eigenvalue weighted by molar-refractivity contribution is -0.142. The molecule has 0 saturated carbocycles. The van der Waals surface area contributed by atoms with Crippen molar-refractivity contribution in [1.29, 1.82) is 0 Å². The molecule has 3 aromatic rings. The van der Waals surface area contributed by atoms with Gasteiger partial charge in [-0.3, -0.25) is 14.3 Å². The first-order valence-electron chi connectivity index (χ1n) is 9.47. The van der Waals surface area contributed by atoms with Crippen molar-refractivity contribution in [3.05, 3.63) is 52.3 Å². The van der Waals surface area contributed by atoms with E-state index < -0.39 is 24.2 Å². The second-order valence-electron chi connectivity index (χ2n) is 6.97. The van der Waals surface area contributed by atoms with Gasteiger partial charge < -0.3 is 25.7 Å². The van der Waals surface area contributed by atoms with Crippen LogP contribution in [-0.4, -0.2) is 45.0 Å². The maximum atomic E-state index is 12.8. The van der Waals surface area contributed by atoms with E-state index in [0.29, 0.717) is 35.1 Å². The smallest absolute Gasteiger partial charge is 0.408 e. The van der Waals surface area contributed by atoms with E-state index in [1.54, 1.807) is 0 Å². The number of alkyl halides is 3. The topological polar surface area (TPSA) is 126 Å². The number of pyridine rings is 2. The number of hydrogen-bond acceptors (Lipinski definition) is 7. The third kappa shape index (κ3) is 4.50. The number of anilines is 4. The second-order valence-corrected chi connectivity index (χ2v) is 6.97. The van der Waals surface area contributed by atoms with Gasteiger partial charge in [-0.05, 0) is 13.0 Å². The van der Waals surface area contributed by atoms with Gasteiger partial charge >= 0.3 is 6.18 Å². The van der Waals surface area contributed by atoms with E-state index in [0.717, 1.165) is 18.0 Å². The first-order chi connectivity index (χ1) is 15.2. The number of H-pyrrole nitrogens is 1. The Hall–Kier alpha value is -4.03. The van der Waals surface area contributed by atoms with Gasteiger partial charge in [0.1, 0.15) is 24.4 Å². The lowest BCUT2D eigenvalue weighted by Gasteiger charge is -2.22. The Kier molecular flexibility index (Phi) is 5.47. The molecule has 4 rings (SSSR count). The molecule has 10 nitrogen and oxygen atoms in total. The van der Waals surface area contributed by atoms with E-state index in [4.69, 9.17) is 4.74 Å². The molecule has 0 aromatic carbocycles. The molecule has 0 aliphatic carbocycles. The SMILES string of the molecule is Cc1c(Nc2cc[nH]c(=O)c2C(=O)Nc2cnn(CC(F)(F)F)c2)cnc2c1NCCO2. The van der Waals surface area contributed by atoms with Crippen molar-refractivity contribution in [3.8, 4) is 5.88 Å². The van der Waals surface area contributed by atoms with Crippen molar-refractivity contribution >= 4 is 28.7 Å². The molecular weight excluding hydrogens is 431 g/mol. The number of nitrogens with zero attached hydrogens (tertiary/aromatic N) is 3. The molecule has 4 heterocycles. The summed E-state index contributed by atoms with van der Waals surface area (Å²) in [6.07, 6.45) is 0.522. The number of ether oxygens (including phenoxy) is 1. The summed E-state index contributed by atoms with van der Waals surface area (Å²) in [5.41, 5.74) is 1.29. The highest BCUT2D eigenvalue weighted by atomic mass is 19.4. The van der Waals surface area contributed by atoms with Crippen LogP contribution >= 0.6 is 0 Å². The van der Waals surface area contributed by atoms with Crippen LogP contribution in [0, 0.1) is 6.92 Å². The van der Waals surface area contributed by atoms with Crippen molar-refractivity contribution in [1.82, 2.24) is 19.7 Å². The van der Waals surface area contributed by atoms with Crippen molar-refractivity contribution in [2.75, 3.05) is 29.1 Å². The lowest BCUT2D eigenvalue weighted by atomic mass is 10.1. The van der Waals surface area contributed by atoms with E-state index in [-0.39, 0.29) is 16.9 Å². The third-order valence-corrected chi connectivity index (χ3v) is 4.64. The number of rotatable bonds is 5. The first kappa shape index (κ1) is 21.2. The van der Waals surface area contributed by atoms with Crippen molar-refractivity contribution in [2.45, 2.75) is 19.6 Å². The monoisotopic (exact) mass is 449 g/mol. The number of aromatic amines is 1. The Morgan fingerprint density at radius 2 is 2.12 bits per heavy atom. The summed E-state index contributed by atoms with van der Waals surface area (Å²) in [7, 11) is 0. The minimum absolute atomic E-state index is 0.0152. The van der Waals surface area contributed by atoms with Crippen LogP contribution in [0.2, 0.25) is 0 Å². The molecule has 0 bridgehead atoms. The molecule has 0 radical (unpaired) electrons. The maximum absolute atomic E-state index is 12.8. The third-order valence-electron chi connectivity index (χ3n) is 4.64. The quantitative estimate of drug-likeness (QED) is 0.472. The van der Waals surface area contributed by atoms with Crippen LogP contribution in [-0.2, 0) is 6.54 Å². The fourth-order valence-corrected chi connectivity index (χ4v) is 3.19. The molecule has 1 amide bonds. The van der Waals surface area contributed by atoms with Crippen LogP contribution in [0.5, 0.6) is 5.88 Å². The number of carbonyl (C=O) groups excluding carboxylic acids is 1. The standard InChI is InChI=1S/C19H18F3N7O3/c1-10-13(7-25-18-15(10)23-4-5-32-18)28-12-2-3-24-16(30)14(12)17(31)27-11-6-26-29(8-11)9-19(20,21)22/h2-3,6-8,23H,4-5,9H2,1H3,(H,27,31)(H2,24,28,30). The zero-order valence-electron chi connectivity index (χ0n) is 16.7. The summed E-state index contributed by atoms with van der Waals surface area (Å²) in [5.74, 6) is -0.356. The zero-order valence-corrected chi connectivity index (χ0v) is 16.7. The fourth-order valence-electron chi connectivity index (χ4n) is 3.19. The van der Waals surface area contributed by atoms with Gasteiger partial charge in [-0.2, -0.15) is 18.3 Å². The number of hydrogen-bond donors (Lipinski definition) is 4. The molecule has 13 heteroatoms. The summed E-state index contributed by atoms with van der Waals surface area (Å²) < 4.78 is 43.7. The van der Waals surface area contributed by atoms with E-state index in [1.165, 1.54) is 18.5 Å². The van der Waals surface area contributed by atoms with Crippen LogP contribution in [0.3, 0.4) is 0 Å². The normalized spacial score (nSPS) is 13.0. The van der Waals surface area contributed by atoms with Crippen LogP contribution in [0.1, 0.15) is 15.9 Å². The summed E-state index contributed by atoms with van der Waals surface area (Å²) in [6.45, 7) is 1.63. The highest BCUT2D eigenvalue weighted by Crippen LogP contribution is 2.34. The number of fused-ring (bicyclic) bond motifs is 1. The summed E-state index contributed by atoms with van der Waals surface area (Å²) >= 11 is 0. The highest BCUT2D eigenvalue weighted by molar-refractivity contribution is 6.08. The summed E-state index contributed by atoms with van der Waals surface area (Å²) in [5, 5.41) is 12.2. The summed E-state index contributed by atoms with van der Waals surface area (Å²) in [4.78, 5) is 31.8. The van der Waals surface area contributed by atoms with Crippen molar-refractivity contribution < 1.29 is 22.7 Å². The molecular formula is C19H18F3N7O3. The van der Waals surface area contributed by atoms with Gasteiger partial charge in [0.2, 0.25) is 5.88 Å². The molecule has 0 fully saturated rings. The molecule has 0 unspecified atom stereocenters. The van der Waals surface area contributed by atoms with Crippen LogP contribution in [0.15, 0.2) is 35.6 Å². The minimum atomic E-state index is -4.46. The lowest BCUT2D eigenvalue weighted by Crippen LogP contribution is -2.25. The van der Waals surface area contributed by atoms with Gasteiger partial charge in [0, 0.05) is 24.5 Å². The maximum Gasteiger partial charge on any atom is 0.408 e.